The summed E-state index contributed by atoms with van der Waals surface area (Å²) in [5.74, 6) is 0.661. The molecule has 2 nitrogen and oxygen atoms in total. The van der Waals surface area contributed by atoms with Crippen molar-refractivity contribution in [3.63, 3.8) is 0 Å². The van der Waals surface area contributed by atoms with Gasteiger partial charge in [0.05, 0.1) is 6.10 Å². The number of hydrogen-bond donors (Lipinski definition) is 0. The molecular formula is C10H16O2. The van der Waals surface area contributed by atoms with Gasteiger partial charge in [-0.3, -0.25) is 0 Å². The SMILES string of the molecule is C[C@@]1(C=O)O[C@H]1C1CCCCC1. The lowest BCUT2D eigenvalue weighted by Gasteiger charge is -2.19. The van der Waals surface area contributed by atoms with E-state index in [1.165, 1.54) is 32.1 Å². The van der Waals surface area contributed by atoms with Crippen LogP contribution < -0.4 is 0 Å². The van der Waals surface area contributed by atoms with Gasteiger partial charge >= 0.3 is 0 Å². The summed E-state index contributed by atoms with van der Waals surface area (Å²) in [4.78, 5) is 10.6. The largest absolute Gasteiger partial charge is 0.358 e. The minimum Gasteiger partial charge on any atom is -0.358 e. The zero-order valence-corrected chi connectivity index (χ0v) is 7.58. The average molecular weight is 168 g/mol. The highest BCUT2D eigenvalue weighted by atomic mass is 16.6. The van der Waals surface area contributed by atoms with Crippen molar-refractivity contribution in [3.05, 3.63) is 0 Å². The molecule has 0 radical (unpaired) electrons. The Morgan fingerprint density at radius 3 is 2.50 bits per heavy atom. The van der Waals surface area contributed by atoms with Gasteiger partial charge in [0.1, 0.15) is 5.60 Å². The number of epoxide rings is 1. The fraction of sp³-hybridized carbons (Fsp3) is 0.900. The summed E-state index contributed by atoms with van der Waals surface area (Å²) in [5.41, 5.74) is -0.415. The number of rotatable bonds is 2. The first-order valence-electron chi connectivity index (χ1n) is 4.90. The van der Waals surface area contributed by atoms with Crippen LogP contribution >= 0.6 is 0 Å². The van der Waals surface area contributed by atoms with E-state index >= 15 is 0 Å². The predicted molar refractivity (Wildman–Crippen MR) is 45.9 cm³/mol. The van der Waals surface area contributed by atoms with Gasteiger partial charge in [-0.25, -0.2) is 0 Å². The number of carbonyl (C=O) groups is 1. The molecule has 0 bridgehead atoms. The Bertz CT molecular complexity index is 184. The first-order valence-corrected chi connectivity index (χ1v) is 4.90. The van der Waals surface area contributed by atoms with E-state index in [-0.39, 0.29) is 6.10 Å². The van der Waals surface area contributed by atoms with E-state index in [0.717, 1.165) is 6.29 Å². The van der Waals surface area contributed by atoms with E-state index < -0.39 is 5.60 Å². The molecule has 0 spiro atoms. The summed E-state index contributed by atoms with van der Waals surface area (Å²) >= 11 is 0. The highest BCUT2D eigenvalue weighted by Crippen LogP contribution is 2.44. The summed E-state index contributed by atoms with van der Waals surface area (Å²) < 4.78 is 5.43. The maximum Gasteiger partial charge on any atom is 0.154 e. The van der Waals surface area contributed by atoms with Crippen molar-refractivity contribution in [1.82, 2.24) is 0 Å². The molecule has 1 heterocycles. The molecule has 0 N–H and O–H groups in total. The van der Waals surface area contributed by atoms with Crippen LogP contribution in [0.3, 0.4) is 0 Å². The maximum atomic E-state index is 10.6. The van der Waals surface area contributed by atoms with E-state index in [1.54, 1.807) is 0 Å². The molecule has 0 unspecified atom stereocenters. The number of carbonyl (C=O) groups excluding carboxylic acids is 1. The highest BCUT2D eigenvalue weighted by Gasteiger charge is 2.55. The molecule has 1 saturated carbocycles. The Balaban J connectivity index is 1.90. The second-order valence-electron chi connectivity index (χ2n) is 4.24. The minimum atomic E-state index is -0.415. The van der Waals surface area contributed by atoms with Gasteiger partial charge in [-0.1, -0.05) is 19.3 Å². The van der Waals surface area contributed by atoms with Crippen LogP contribution in [0.25, 0.3) is 0 Å². The van der Waals surface area contributed by atoms with Crippen LogP contribution in [0.4, 0.5) is 0 Å². The molecule has 0 amide bonds. The van der Waals surface area contributed by atoms with Gasteiger partial charge in [-0.05, 0) is 25.7 Å². The van der Waals surface area contributed by atoms with Gasteiger partial charge in [-0.2, -0.15) is 0 Å². The smallest absolute Gasteiger partial charge is 0.154 e. The summed E-state index contributed by atoms with van der Waals surface area (Å²) in [7, 11) is 0. The van der Waals surface area contributed by atoms with Crippen LogP contribution in [0, 0.1) is 5.92 Å². The Morgan fingerprint density at radius 1 is 1.33 bits per heavy atom. The Hall–Kier alpha value is -0.370. The van der Waals surface area contributed by atoms with Gasteiger partial charge in [0.15, 0.2) is 6.29 Å². The van der Waals surface area contributed by atoms with Crippen molar-refractivity contribution in [2.24, 2.45) is 5.92 Å². The topological polar surface area (TPSA) is 29.6 Å². The molecule has 2 fully saturated rings. The molecule has 1 saturated heterocycles. The van der Waals surface area contributed by atoms with E-state index in [1.807, 2.05) is 6.92 Å². The average Bonchev–Trinajstić information content (AvgIpc) is 2.81. The lowest BCUT2D eigenvalue weighted by atomic mass is 9.83. The third-order valence-electron chi connectivity index (χ3n) is 3.20. The van der Waals surface area contributed by atoms with Gasteiger partial charge in [0.25, 0.3) is 0 Å². The molecule has 68 valence electrons. The zero-order valence-electron chi connectivity index (χ0n) is 7.58. The van der Waals surface area contributed by atoms with Gasteiger partial charge in [-0.15, -0.1) is 0 Å². The molecule has 0 aromatic rings. The van der Waals surface area contributed by atoms with E-state index in [0.29, 0.717) is 5.92 Å². The third-order valence-corrected chi connectivity index (χ3v) is 3.20. The van der Waals surface area contributed by atoms with Crippen molar-refractivity contribution in [3.8, 4) is 0 Å². The van der Waals surface area contributed by atoms with Gasteiger partial charge in [0.2, 0.25) is 0 Å². The van der Waals surface area contributed by atoms with Crippen molar-refractivity contribution in [1.29, 1.82) is 0 Å². The normalized spacial score (nSPS) is 42.6. The van der Waals surface area contributed by atoms with E-state index in [2.05, 4.69) is 0 Å². The Kier molecular flexibility index (Phi) is 1.95. The van der Waals surface area contributed by atoms with Gasteiger partial charge < -0.3 is 9.53 Å². The Morgan fingerprint density at radius 2 is 2.00 bits per heavy atom. The fourth-order valence-corrected chi connectivity index (χ4v) is 2.34. The molecule has 0 aromatic heterocycles. The fourth-order valence-electron chi connectivity index (χ4n) is 2.34. The molecular weight excluding hydrogens is 152 g/mol. The molecule has 0 aromatic carbocycles. The highest BCUT2D eigenvalue weighted by molar-refractivity contribution is 5.67. The number of ether oxygens (including phenoxy) is 1. The maximum absolute atomic E-state index is 10.6. The summed E-state index contributed by atoms with van der Waals surface area (Å²) in [6, 6.07) is 0. The third kappa shape index (κ3) is 1.28. The first-order chi connectivity index (χ1) is 5.76. The zero-order chi connectivity index (χ0) is 8.60. The summed E-state index contributed by atoms with van der Waals surface area (Å²) in [5, 5.41) is 0. The molecule has 1 aliphatic heterocycles. The second-order valence-corrected chi connectivity index (χ2v) is 4.24. The van der Waals surface area contributed by atoms with Gasteiger partial charge in [0, 0.05) is 0 Å². The number of hydrogen-bond acceptors (Lipinski definition) is 2. The van der Waals surface area contributed by atoms with Crippen LogP contribution in [-0.2, 0) is 9.53 Å². The van der Waals surface area contributed by atoms with Crippen molar-refractivity contribution in [2.75, 3.05) is 0 Å². The van der Waals surface area contributed by atoms with Crippen LogP contribution in [0.2, 0.25) is 0 Å². The molecule has 2 heteroatoms. The molecule has 2 atom stereocenters. The van der Waals surface area contributed by atoms with Crippen LogP contribution in [0.1, 0.15) is 39.0 Å². The van der Waals surface area contributed by atoms with Crippen molar-refractivity contribution >= 4 is 6.29 Å². The van der Waals surface area contributed by atoms with Crippen LogP contribution in [0.5, 0.6) is 0 Å². The van der Waals surface area contributed by atoms with E-state index in [9.17, 15) is 4.79 Å². The summed E-state index contributed by atoms with van der Waals surface area (Å²) in [6.45, 7) is 1.90. The van der Waals surface area contributed by atoms with E-state index in [4.69, 9.17) is 4.74 Å². The van der Waals surface area contributed by atoms with Crippen molar-refractivity contribution < 1.29 is 9.53 Å². The quantitative estimate of drug-likeness (QED) is 0.465. The van der Waals surface area contributed by atoms with Crippen LogP contribution in [0.15, 0.2) is 0 Å². The second kappa shape index (κ2) is 2.84. The predicted octanol–water partition coefficient (Wildman–Crippen LogP) is 1.92. The number of aldehydes is 1. The lowest BCUT2D eigenvalue weighted by molar-refractivity contribution is -0.111. The standard InChI is InChI=1S/C10H16O2/c1-10(7-11)9(12-10)8-5-3-2-4-6-8/h7-9H,2-6H2,1H3/t9-,10-/m0/s1. The molecule has 2 aliphatic rings. The monoisotopic (exact) mass is 168 g/mol. The molecule has 2 rings (SSSR count). The first kappa shape index (κ1) is 8.24. The molecule has 1 aliphatic carbocycles. The van der Waals surface area contributed by atoms with Crippen molar-refractivity contribution in [2.45, 2.75) is 50.7 Å². The summed E-state index contributed by atoms with van der Waals surface area (Å²) in [6.07, 6.45) is 7.73. The Labute approximate surface area is 73.3 Å². The molecule has 12 heavy (non-hydrogen) atoms. The van der Waals surface area contributed by atoms with Crippen LogP contribution in [-0.4, -0.2) is 18.0 Å². The minimum absolute atomic E-state index is 0.246. The lowest BCUT2D eigenvalue weighted by Crippen LogP contribution is -2.20.